The quantitative estimate of drug-likeness (QED) is 0.788. The summed E-state index contributed by atoms with van der Waals surface area (Å²) in [4.78, 5) is 0. The van der Waals surface area contributed by atoms with Gasteiger partial charge in [-0.1, -0.05) is 41.9 Å². The molecule has 0 unspecified atom stereocenters. The van der Waals surface area contributed by atoms with Crippen LogP contribution in [-0.2, 0) is 6.54 Å². The minimum Gasteiger partial charge on any atom is -0.316 e. The Hall–Kier alpha value is 0.01000. The van der Waals surface area contributed by atoms with Crippen LogP contribution in [-0.4, -0.2) is 12.3 Å². The second kappa shape index (κ2) is 8.33. The van der Waals surface area contributed by atoms with Gasteiger partial charge in [-0.05, 0) is 30.0 Å². The van der Waals surface area contributed by atoms with Crippen LogP contribution in [0, 0.1) is 0 Å². The first-order valence-corrected chi connectivity index (χ1v) is 5.94. The van der Waals surface area contributed by atoms with Crippen molar-refractivity contribution in [3.05, 3.63) is 34.3 Å². The molecular formula is C11H18BrNS. The van der Waals surface area contributed by atoms with E-state index in [0.717, 1.165) is 11.0 Å². The standard InChI is InChI=1S/C8H10BrN.C3H8S/c1-10-6-7-2-4-8(9)5-3-7;1-3(2)4/h2-5,10H,6H2,1H3;3-4H,1-2H3. The molecule has 1 N–H and O–H groups in total. The van der Waals surface area contributed by atoms with Crippen LogP contribution >= 0.6 is 28.6 Å². The average molecular weight is 276 g/mol. The molecule has 1 aromatic rings. The second-order valence-electron chi connectivity index (χ2n) is 3.25. The average Bonchev–Trinajstić information content (AvgIpc) is 2.08. The van der Waals surface area contributed by atoms with E-state index in [9.17, 15) is 0 Å². The Morgan fingerprint density at radius 1 is 1.29 bits per heavy atom. The van der Waals surface area contributed by atoms with E-state index < -0.39 is 0 Å². The van der Waals surface area contributed by atoms with Crippen molar-refractivity contribution in [3.63, 3.8) is 0 Å². The van der Waals surface area contributed by atoms with Gasteiger partial charge in [0.2, 0.25) is 0 Å². The van der Waals surface area contributed by atoms with Gasteiger partial charge in [0.1, 0.15) is 0 Å². The Kier molecular flexibility index (Phi) is 8.34. The molecule has 0 spiro atoms. The molecule has 14 heavy (non-hydrogen) atoms. The van der Waals surface area contributed by atoms with Gasteiger partial charge in [-0.15, -0.1) is 0 Å². The molecule has 1 aromatic carbocycles. The molecule has 0 aliphatic heterocycles. The lowest BCUT2D eigenvalue weighted by Gasteiger charge is -1.97. The molecular weight excluding hydrogens is 258 g/mol. The normalized spacial score (nSPS) is 9.57. The number of hydrogen-bond donors (Lipinski definition) is 2. The van der Waals surface area contributed by atoms with E-state index in [0.29, 0.717) is 5.25 Å². The van der Waals surface area contributed by atoms with Gasteiger partial charge in [-0.25, -0.2) is 0 Å². The van der Waals surface area contributed by atoms with E-state index >= 15 is 0 Å². The SMILES string of the molecule is CC(C)S.CNCc1ccc(Br)cc1. The molecule has 0 radical (unpaired) electrons. The summed E-state index contributed by atoms with van der Waals surface area (Å²) in [5.74, 6) is 0. The lowest BCUT2D eigenvalue weighted by Crippen LogP contribution is -2.04. The molecule has 0 aromatic heterocycles. The molecule has 0 atom stereocenters. The van der Waals surface area contributed by atoms with Gasteiger partial charge in [0.05, 0.1) is 0 Å². The van der Waals surface area contributed by atoms with Crippen molar-refractivity contribution >= 4 is 28.6 Å². The zero-order valence-corrected chi connectivity index (χ0v) is 11.4. The highest BCUT2D eigenvalue weighted by molar-refractivity contribution is 9.10. The number of halogens is 1. The highest BCUT2D eigenvalue weighted by Crippen LogP contribution is 2.09. The van der Waals surface area contributed by atoms with Gasteiger partial charge in [0, 0.05) is 11.0 Å². The van der Waals surface area contributed by atoms with Gasteiger partial charge in [0.15, 0.2) is 0 Å². The molecule has 1 rings (SSSR count). The van der Waals surface area contributed by atoms with Crippen LogP contribution in [0.15, 0.2) is 28.7 Å². The highest BCUT2D eigenvalue weighted by atomic mass is 79.9. The molecule has 0 aliphatic rings. The first-order chi connectivity index (χ1) is 6.56. The maximum Gasteiger partial charge on any atom is 0.0202 e. The molecule has 1 nitrogen and oxygen atoms in total. The van der Waals surface area contributed by atoms with Crippen LogP contribution in [0.5, 0.6) is 0 Å². The Bertz CT molecular complexity index is 231. The largest absolute Gasteiger partial charge is 0.316 e. The maximum atomic E-state index is 3.97. The third-order valence-corrected chi connectivity index (χ3v) is 1.82. The number of rotatable bonds is 2. The summed E-state index contributed by atoms with van der Waals surface area (Å²) >= 11 is 7.34. The summed E-state index contributed by atoms with van der Waals surface area (Å²) in [6, 6.07) is 8.29. The van der Waals surface area contributed by atoms with Crippen molar-refractivity contribution in [2.45, 2.75) is 25.6 Å². The molecule has 3 heteroatoms. The predicted molar refractivity (Wildman–Crippen MR) is 71.0 cm³/mol. The smallest absolute Gasteiger partial charge is 0.0202 e. The van der Waals surface area contributed by atoms with Crippen molar-refractivity contribution < 1.29 is 0 Å². The topological polar surface area (TPSA) is 12.0 Å². The van der Waals surface area contributed by atoms with E-state index in [1.807, 2.05) is 33.0 Å². The monoisotopic (exact) mass is 275 g/mol. The van der Waals surface area contributed by atoms with E-state index in [4.69, 9.17) is 0 Å². The van der Waals surface area contributed by atoms with Crippen LogP contribution in [0.3, 0.4) is 0 Å². The van der Waals surface area contributed by atoms with Gasteiger partial charge in [0.25, 0.3) is 0 Å². The lowest BCUT2D eigenvalue weighted by molar-refractivity contribution is 0.818. The highest BCUT2D eigenvalue weighted by Gasteiger charge is 1.88. The molecule has 0 bridgehead atoms. The van der Waals surface area contributed by atoms with E-state index in [2.05, 4.69) is 46.0 Å². The second-order valence-corrected chi connectivity index (χ2v) is 5.20. The minimum atomic E-state index is 0.528. The fourth-order valence-electron chi connectivity index (χ4n) is 0.806. The van der Waals surface area contributed by atoms with E-state index in [-0.39, 0.29) is 0 Å². The van der Waals surface area contributed by atoms with Crippen LogP contribution < -0.4 is 5.32 Å². The van der Waals surface area contributed by atoms with Crippen LogP contribution in [0.25, 0.3) is 0 Å². The Labute approximate surface area is 101 Å². The van der Waals surface area contributed by atoms with Crippen molar-refractivity contribution in [3.8, 4) is 0 Å². The third kappa shape index (κ3) is 8.60. The van der Waals surface area contributed by atoms with Crippen LogP contribution in [0.2, 0.25) is 0 Å². The zero-order valence-electron chi connectivity index (χ0n) is 8.92. The van der Waals surface area contributed by atoms with Crippen LogP contribution in [0.4, 0.5) is 0 Å². The summed E-state index contributed by atoms with van der Waals surface area (Å²) in [6.07, 6.45) is 0. The number of nitrogens with one attached hydrogen (secondary N) is 1. The van der Waals surface area contributed by atoms with Gasteiger partial charge in [-0.3, -0.25) is 0 Å². The zero-order chi connectivity index (χ0) is 11.0. The summed E-state index contributed by atoms with van der Waals surface area (Å²) in [7, 11) is 1.95. The molecule has 0 fully saturated rings. The molecule has 0 aliphatic carbocycles. The Morgan fingerprint density at radius 3 is 2.07 bits per heavy atom. The summed E-state index contributed by atoms with van der Waals surface area (Å²) in [6.45, 7) is 5.00. The first-order valence-electron chi connectivity index (χ1n) is 4.63. The number of benzene rings is 1. The summed E-state index contributed by atoms with van der Waals surface area (Å²) < 4.78 is 1.13. The molecule has 0 amide bonds. The fourth-order valence-corrected chi connectivity index (χ4v) is 1.07. The van der Waals surface area contributed by atoms with Crippen LogP contribution in [0.1, 0.15) is 19.4 Å². The Balaban J connectivity index is 0.000000364. The molecule has 0 heterocycles. The van der Waals surface area contributed by atoms with Crippen molar-refractivity contribution in [1.29, 1.82) is 0 Å². The minimum absolute atomic E-state index is 0.528. The van der Waals surface area contributed by atoms with Gasteiger partial charge >= 0.3 is 0 Å². The third-order valence-electron chi connectivity index (χ3n) is 1.29. The lowest BCUT2D eigenvalue weighted by atomic mass is 10.2. The van der Waals surface area contributed by atoms with Crippen molar-refractivity contribution in [2.75, 3.05) is 7.05 Å². The number of hydrogen-bond acceptors (Lipinski definition) is 2. The fraction of sp³-hybridized carbons (Fsp3) is 0.455. The molecule has 80 valence electrons. The Morgan fingerprint density at radius 2 is 1.71 bits per heavy atom. The predicted octanol–water partition coefficient (Wildman–Crippen LogP) is 3.49. The van der Waals surface area contributed by atoms with Gasteiger partial charge < -0.3 is 5.32 Å². The summed E-state index contributed by atoms with van der Waals surface area (Å²) in [5.41, 5.74) is 1.31. The van der Waals surface area contributed by atoms with Gasteiger partial charge in [-0.2, -0.15) is 12.6 Å². The maximum absolute atomic E-state index is 3.97. The molecule has 0 saturated carbocycles. The molecule has 0 saturated heterocycles. The van der Waals surface area contributed by atoms with Crippen molar-refractivity contribution in [1.82, 2.24) is 5.32 Å². The first kappa shape index (κ1) is 14.0. The summed E-state index contributed by atoms with van der Waals surface area (Å²) in [5, 5.41) is 3.62. The number of thiol groups is 1. The van der Waals surface area contributed by atoms with E-state index in [1.165, 1.54) is 5.56 Å². The van der Waals surface area contributed by atoms with E-state index in [1.54, 1.807) is 0 Å². The van der Waals surface area contributed by atoms with Crippen molar-refractivity contribution in [2.24, 2.45) is 0 Å².